The number of hydrogen-bond donors (Lipinski definition) is 2. The third-order valence-electron chi connectivity index (χ3n) is 3.92. The molecule has 0 bridgehead atoms. The van der Waals surface area contributed by atoms with Crippen molar-refractivity contribution in [2.45, 2.75) is 38.0 Å². The van der Waals surface area contributed by atoms with Crippen molar-refractivity contribution in [3.8, 4) is 0 Å². The number of amides is 1. The summed E-state index contributed by atoms with van der Waals surface area (Å²) in [6.45, 7) is -0.0589. The smallest absolute Gasteiger partial charge is 0.387 e. The lowest BCUT2D eigenvalue weighted by molar-refractivity contribution is -0.198. The fraction of sp³-hybridized carbons (Fsp3) is 0.643. The zero-order valence-corrected chi connectivity index (χ0v) is 12.2. The maximum absolute atomic E-state index is 12.9. The summed E-state index contributed by atoms with van der Waals surface area (Å²) in [4.78, 5) is 12.0. The monoisotopic (exact) mass is 321 g/mol. The van der Waals surface area contributed by atoms with E-state index in [-0.39, 0.29) is 19.4 Å². The molecule has 1 aromatic heterocycles. The molecule has 1 aliphatic rings. The van der Waals surface area contributed by atoms with E-state index in [2.05, 4.69) is 5.32 Å². The van der Waals surface area contributed by atoms with Crippen LogP contribution in [0, 0.1) is 11.8 Å². The van der Waals surface area contributed by atoms with Gasteiger partial charge in [-0.05, 0) is 35.2 Å². The van der Waals surface area contributed by atoms with Crippen LogP contribution in [0.3, 0.4) is 0 Å². The van der Waals surface area contributed by atoms with Crippen LogP contribution in [0.5, 0.6) is 0 Å². The molecule has 1 amide bonds. The Balaban J connectivity index is 1.92. The Morgan fingerprint density at radius 3 is 2.76 bits per heavy atom. The second-order valence-corrected chi connectivity index (χ2v) is 6.14. The summed E-state index contributed by atoms with van der Waals surface area (Å²) in [6.07, 6.45) is -3.82. The molecule has 0 unspecified atom stereocenters. The molecule has 1 fully saturated rings. The molecule has 1 aromatic rings. The SMILES string of the molecule is O=C(NC[C@H](O)c1ccsc1)[C@@H]1CCCC[C@H]1C(F)(F)F. The minimum atomic E-state index is -4.34. The van der Waals surface area contributed by atoms with E-state index in [4.69, 9.17) is 0 Å². The lowest BCUT2D eigenvalue weighted by Crippen LogP contribution is -2.43. The van der Waals surface area contributed by atoms with Gasteiger partial charge in [0.05, 0.1) is 12.0 Å². The quantitative estimate of drug-likeness (QED) is 0.894. The van der Waals surface area contributed by atoms with Gasteiger partial charge in [0.2, 0.25) is 5.91 Å². The predicted octanol–water partition coefficient (Wildman–Crippen LogP) is 3.27. The number of aliphatic hydroxyl groups is 1. The first kappa shape index (κ1) is 16.3. The number of hydrogen-bond acceptors (Lipinski definition) is 3. The molecule has 3 atom stereocenters. The number of thiophene rings is 1. The van der Waals surface area contributed by atoms with E-state index in [0.29, 0.717) is 18.4 Å². The van der Waals surface area contributed by atoms with E-state index in [1.54, 1.807) is 16.8 Å². The Hall–Kier alpha value is -1.08. The van der Waals surface area contributed by atoms with Crippen LogP contribution < -0.4 is 5.32 Å². The van der Waals surface area contributed by atoms with Gasteiger partial charge in [-0.2, -0.15) is 24.5 Å². The fourth-order valence-corrected chi connectivity index (χ4v) is 3.45. The summed E-state index contributed by atoms with van der Waals surface area (Å²) in [7, 11) is 0. The zero-order chi connectivity index (χ0) is 15.5. The van der Waals surface area contributed by atoms with Crippen LogP contribution in [-0.2, 0) is 4.79 Å². The minimum absolute atomic E-state index is 0.00860. The van der Waals surface area contributed by atoms with Gasteiger partial charge in [-0.25, -0.2) is 0 Å². The Bertz CT molecular complexity index is 461. The van der Waals surface area contributed by atoms with E-state index in [1.807, 2.05) is 0 Å². The molecule has 0 radical (unpaired) electrons. The summed E-state index contributed by atoms with van der Waals surface area (Å²) in [5.74, 6) is -3.20. The molecule has 1 aliphatic carbocycles. The molecule has 118 valence electrons. The van der Waals surface area contributed by atoms with Crippen LogP contribution in [0.25, 0.3) is 0 Å². The normalized spacial score (nSPS) is 24.6. The summed E-state index contributed by atoms with van der Waals surface area (Å²) >= 11 is 1.41. The minimum Gasteiger partial charge on any atom is -0.387 e. The molecule has 2 rings (SSSR count). The molecule has 21 heavy (non-hydrogen) atoms. The molecule has 0 aliphatic heterocycles. The average molecular weight is 321 g/mol. The maximum Gasteiger partial charge on any atom is 0.392 e. The highest BCUT2D eigenvalue weighted by Crippen LogP contribution is 2.41. The number of carbonyl (C=O) groups is 1. The van der Waals surface area contributed by atoms with Crippen molar-refractivity contribution in [3.05, 3.63) is 22.4 Å². The highest BCUT2D eigenvalue weighted by atomic mass is 32.1. The molecule has 0 spiro atoms. The molecule has 1 saturated carbocycles. The van der Waals surface area contributed by atoms with Gasteiger partial charge in [0, 0.05) is 12.5 Å². The summed E-state index contributed by atoms with van der Waals surface area (Å²) in [6, 6.07) is 1.72. The fourth-order valence-electron chi connectivity index (χ4n) is 2.75. The second kappa shape index (κ2) is 6.79. The van der Waals surface area contributed by atoms with Gasteiger partial charge < -0.3 is 10.4 Å². The van der Waals surface area contributed by atoms with Gasteiger partial charge in [-0.1, -0.05) is 12.8 Å². The highest BCUT2D eigenvalue weighted by molar-refractivity contribution is 7.07. The molecule has 2 N–H and O–H groups in total. The van der Waals surface area contributed by atoms with Crippen molar-refractivity contribution in [3.63, 3.8) is 0 Å². The Morgan fingerprint density at radius 1 is 1.43 bits per heavy atom. The predicted molar refractivity (Wildman–Crippen MR) is 73.8 cm³/mol. The third kappa shape index (κ3) is 4.20. The lowest BCUT2D eigenvalue weighted by atomic mass is 9.78. The second-order valence-electron chi connectivity index (χ2n) is 5.36. The number of nitrogens with one attached hydrogen (secondary N) is 1. The molecule has 0 saturated heterocycles. The van der Waals surface area contributed by atoms with Crippen LogP contribution >= 0.6 is 11.3 Å². The van der Waals surface area contributed by atoms with Gasteiger partial charge in [0.25, 0.3) is 0 Å². The molecule has 3 nitrogen and oxygen atoms in total. The first-order valence-corrected chi connectivity index (χ1v) is 7.88. The Morgan fingerprint density at radius 2 is 2.14 bits per heavy atom. The van der Waals surface area contributed by atoms with Gasteiger partial charge in [-0.3, -0.25) is 4.79 Å². The number of carbonyl (C=O) groups excluding carboxylic acids is 1. The lowest BCUT2D eigenvalue weighted by Gasteiger charge is -2.32. The first-order valence-electron chi connectivity index (χ1n) is 6.94. The van der Waals surface area contributed by atoms with Crippen molar-refractivity contribution in [1.82, 2.24) is 5.32 Å². The maximum atomic E-state index is 12.9. The summed E-state index contributed by atoms with van der Waals surface area (Å²) < 4.78 is 38.8. The Kier molecular flexibility index (Phi) is 5.27. The average Bonchev–Trinajstić information content (AvgIpc) is 2.97. The van der Waals surface area contributed by atoms with Gasteiger partial charge in [0.1, 0.15) is 0 Å². The van der Waals surface area contributed by atoms with Crippen molar-refractivity contribution < 1.29 is 23.1 Å². The van der Waals surface area contributed by atoms with E-state index < -0.39 is 30.0 Å². The van der Waals surface area contributed by atoms with Gasteiger partial charge in [-0.15, -0.1) is 0 Å². The van der Waals surface area contributed by atoms with Gasteiger partial charge in [0.15, 0.2) is 0 Å². The van der Waals surface area contributed by atoms with Crippen molar-refractivity contribution in [2.75, 3.05) is 6.54 Å². The number of aliphatic hydroxyl groups excluding tert-OH is 1. The molecular weight excluding hydrogens is 303 g/mol. The molecule has 7 heteroatoms. The van der Waals surface area contributed by atoms with Crippen LogP contribution in [0.1, 0.15) is 37.4 Å². The topological polar surface area (TPSA) is 49.3 Å². The summed E-state index contributed by atoms with van der Waals surface area (Å²) in [5.41, 5.74) is 0.663. The first-order chi connectivity index (χ1) is 9.89. The van der Waals surface area contributed by atoms with Crippen molar-refractivity contribution in [2.24, 2.45) is 11.8 Å². The van der Waals surface area contributed by atoms with E-state index in [0.717, 1.165) is 0 Å². The summed E-state index contributed by atoms with van der Waals surface area (Å²) in [5, 5.41) is 15.8. The number of halogens is 3. The van der Waals surface area contributed by atoms with Crippen molar-refractivity contribution in [1.29, 1.82) is 0 Å². The van der Waals surface area contributed by atoms with Crippen LogP contribution in [0.15, 0.2) is 16.8 Å². The Labute approximate surface area is 125 Å². The van der Waals surface area contributed by atoms with E-state index in [1.165, 1.54) is 11.3 Å². The van der Waals surface area contributed by atoms with Crippen LogP contribution in [-0.4, -0.2) is 23.7 Å². The standard InChI is InChI=1S/C14H18F3NO2S/c15-14(16,17)11-4-2-1-3-10(11)13(20)18-7-12(19)9-5-6-21-8-9/h5-6,8,10-12,19H,1-4,7H2,(H,18,20)/t10-,11-,12+/m1/s1. The van der Waals surface area contributed by atoms with Crippen LogP contribution in [0.4, 0.5) is 13.2 Å². The molecule has 1 heterocycles. The zero-order valence-electron chi connectivity index (χ0n) is 11.4. The van der Waals surface area contributed by atoms with Crippen molar-refractivity contribution >= 4 is 17.2 Å². The number of alkyl halides is 3. The van der Waals surface area contributed by atoms with Gasteiger partial charge >= 0.3 is 6.18 Å². The van der Waals surface area contributed by atoms with Crippen LogP contribution in [0.2, 0.25) is 0 Å². The molecular formula is C14H18F3NO2S. The highest BCUT2D eigenvalue weighted by Gasteiger charge is 2.47. The number of rotatable bonds is 4. The van der Waals surface area contributed by atoms with E-state index in [9.17, 15) is 23.1 Å². The molecule has 0 aromatic carbocycles. The largest absolute Gasteiger partial charge is 0.392 e. The van der Waals surface area contributed by atoms with E-state index >= 15 is 0 Å². The third-order valence-corrected chi connectivity index (χ3v) is 4.62.